The Morgan fingerprint density at radius 3 is 2.66 bits per heavy atom. The quantitative estimate of drug-likeness (QED) is 0.377. The van der Waals surface area contributed by atoms with Crippen molar-refractivity contribution in [3.63, 3.8) is 0 Å². The molecule has 6 heterocycles. The maximum Gasteiger partial charge on any atom is 0.146 e. The monoisotopic (exact) mass is 518 g/mol. The number of ether oxygens (including phenoxy) is 1. The molecule has 1 aliphatic heterocycles. The molecule has 6 rings (SSSR count). The average Bonchev–Trinajstić information content (AvgIpc) is 3.52. The van der Waals surface area contributed by atoms with Gasteiger partial charge in [-0.15, -0.1) is 5.10 Å². The van der Waals surface area contributed by atoms with Crippen LogP contribution in [-0.4, -0.2) is 57.6 Å². The van der Waals surface area contributed by atoms with E-state index in [0.29, 0.717) is 24.5 Å². The third kappa shape index (κ3) is 3.80. The van der Waals surface area contributed by atoms with Gasteiger partial charge in [-0.1, -0.05) is 5.21 Å². The second-order valence-electron chi connectivity index (χ2n) is 10.7. The first-order chi connectivity index (χ1) is 18.2. The fraction of sp³-hybridized carbons (Fsp3) is 0.444. The molecule has 38 heavy (non-hydrogen) atoms. The van der Waals surface area contributed by atoms with Crippen molar-refractivity contribution in [1.82, 2.24) is 39.3 Å². The van der Waals surface area contributed by atoms with E-state index in [4.69, 9.17) is 14.8 Å². The second-order valence-corrected chi connectivity index (χ2v) is 10.7. The Morgan fingerprint density at radius 2 is 2.00 bits per heavy atom. The van der Waals surface area contributed by atoms with Crippen LogP contribution in [0.15, 0.2) is 30.7 Å². The van der Waals surface area contributed by atoms with E-state index in [9.17, 15) is 5.11 Å². The molecule has 0 aliphatic carbocycles. The molecule has 198 valence electrons. The smallest absolute Gasteiger partial charge is 0.146 e. The number of hydrogen-bond acceptors (Lipinski definition) is 7. The zero-order valence-electron chi connectivity index (χ0n) is 22.2. The summed E-state index contributed by atoms with van der Waals surface area (Å²) < 4.78 is 27.0. The van der Waals surface area contributed by atoms with Crippen LogP contribution in [0.2, 0.25) is 0 Å². The maximum atomic E-state index is 15.5. The SMILES string of the molecule is Cc1nnn(C)c1-c1cnc2c3c(c(C(C)(C)O)nn3C)n(C(c3ccncc3F)C3CCCOC3)c2c1. The van der Waals surface area contributed by atoms with E-state index in [2.05, 4.69) is 25.9 Å². The molecule has 0 spiro atoms. The molecule has 5 aromatic rings. The van der Waals surface area contributed by atoms with Crippen LogP contribution in [0.25, 0.3) is 33.3 Å². The summed E-state index contributed by atoms with van der Waals surface area (Å²) in [4.78, 5) is 8.90. The molecule has 5 aromatic heterocycles. The van der Waals surface area contributed by atoms with Gasteiger partial charge < -0.3 is 14.4 Å². The van der Waals surface area contributed by atoms with Gasteiger partial charge in [0.2, 0.25) is 0 Å². The molecule has 0 saturated carbocycles. The van der Waals surface area contributed by atoms with E-state index in [1.165, 1.54) is 6.20 Å². The molecule has 0 aromatic carbocycles. The summed E-state index contributed by atoms with van der Waals surface area (Å²) in [7, 11) is 3.69. The lowest BCUT2D eigenvalue weighted by molar-refractivity contribution is 0.0402. The van der Waals surface area contributed by atoms with E-state index >= 15 is 4.39 Å². The second kappa shape index (κ2) is 8.95. The first kappa shape index (κ1) is 24.6. The average molecular weight is 519 g/mol. The molecule has 1 fully saturated rings. The number of aliphatic hydroxyl groups is 1. The van der Waals surface area contributed by atoms with E-state index in [1.54, 1.807) is 41.7 Å². The van der Waals surface area contributed by atoms with Gasteiger partial charge in [0.1, 0.15) is 28.1 Å². The third-order valence-electron chi connectivity index (χ3n) is 7.51. The Balaban J connectivity index is 1.75. The third-order valence-corrected chi connectivity index (χ3v) is 7.51. The normalized spacial score (nSPS) is 17.5. The number of rotatable bonds is 5. The Hall–Kier alpha value is -3.70. The highest BCUT2D eigenvalue weighted by atomic mass is 19.1. The van der Waals surface area contributed by atoms with Gasteiger partial charge >= 0.3 is 0 Å². The van der Waals surface area contributed by atoms with Gasteiger partial charge in [0.25, 0.3) is 0 Å². The molecule has 1 N–H and O–H groups in total. The molecule has 0 radical (unpaired) electrons. The highest BCUT2D eigenvalue weighted by Crippen LogP contribution is 2.43. The van der Waals surface area contributed by atoms with Crippen molar-refractivity contribution in [2.24, 2.45) is 20.0 Å². The zero-order valence-corrected chi connectivity index (χ0v) is 22.2. The van der Waals surface area contributed by atoms with Gasteiger partial charge in [0, 0.05) is 50.1 Å². The maximum absolute atomic E-state index is 15.5. The fourth-order valence-corrected chi connectivity index (χ4v) is 5.88. The number of fused-ring (bicyclic) bond motifs is 3. The van der Waals surface area contributed by atoms with Crippen LogP contribution in [0, 0.1) is 18.7 Å². The van der Waals surface area contributed by atoms with Gasteiger partial charge in [-0.25, -0.2) is 9.07 Å². The number of pyridine rings is 2. The van der Waals surface area contributed by atoms with Crippen LogP contribution in [0.1, 0.15) is 49.7 Å². The standard InChI is InChI=1S/C27H31FN8O2/c1-15-22(35(5)33-31-15)17-11-20-21(30-12-17)24-25(26(27(2,3)37)32-34(24)4)36(20)23(16-7-6-10-38-14-16)18-8-9-29-13-19(18)28/h8-9,11-13,16,23,37H,6-7,10,14H2,1-5H3. The number of hydrogen-bond donors (Lipinski definition) is 1. The number of halogens is 1. The lowest BCUT2D eigenvalue weighted by Gasteiger charge is -2.33. The fourth-order valence-electron chi connectivity index (χ4n) is 5.88. The van der Waals surface area contributed by atoms with Crippen molar-refractivity contribution >= 4 is 22.1 Å². The minimum atomic E-state index is -1.25. The van der Waals surface area contributed by atoms with Gasteiger partial charge in [-0.2, -0.15) is 5.10 Å². The van der Waals surface area contributed by atoms with Crippen LogP contribution < -0.4 is 0 Å². The molecule has 0 bridgehead atoms. The highest BCUT2D eigenvalue weighted by molar-refractivity contribution is 6.06. The topological polar surface area (TPSA) is 109 Å². The zero-order chi connectivity index (χ0) is 26.8. The molecule has 11 heteroatoms. The van der Waals surface area contributed by atoms with E-state index in [-0.39, 0.29) is 11.7 Å². The van der Waals surface area contributed by atoms with Crippen molar-refractivity contribution in [2.45, 2.75) is 45.3 Å². The van der Waals surface area contributed by atoms with Crippen LogP contribution >= 0.6 is 0 Å². The van der Waals surface area contributed by atoms with E-state index < -0.39 is 11.6 Å². The molecule has 10 nitrogen and oxygen atoms in total. The van der Waals surface area contributed by atoms with Crippen LogP contribution in [0.4, 0.5) is 4.39 Å². The van der Waals surface area contributed by atoms with Gasteiger partial charge in [0.15, 0.2) is 0 Å². The Bertz CT molecular complexity index is 1640. The Kier molecular flexibility index (Phi) is 5.80. The van der Waals surface area contributed by atoms with Crippen LogP contribution in [0.5, 0.6) is 0 Å². The highest BCUT2D eigenvalue weighted by Gasteiger charge is 2.36. The summed E-state index contributed by atoms with van der Waals surface area (Å²) in [6.45, 7) is 6.51. The van der Waals surface area contributed by atoms with Crippen molar-refractivity contribution in [1.29, 1.82) is 0 Å². The van der Waals surface area contributed by atoms with Crippen molar-refractivity contribution in [3.8, 4) is 11.3 Å². The molecule has 2 unspecified atom stereocenters. The summed E-state index contributed by atoms with van der Waals surface area (Å²) in [6, 6.07) is 3.35. The van der Waals surface area contributed by atoms with Crippen molar-refractivity contribution in [3.05, 3.63) is 53.5 Å². The molecule has 2 atom stereocenters. The van der Waals surface area contributed by atoms with Crippen LogP contribution in [-0.2, 0) is 24.4 Å². The number of nitrogens with zero attached hydrogens (tertiary/aromatic N) is 8. The Morgan fingerprint density at radius 1 is 1.18 bits per heavy atom. The van der Waals surface area contributed by atoms with Gasteiger partial charge in [0.05, 0.1) is 41.3 Å². The summed E-state index contributed by atoms with van der Waals surface area (Å²) >= 11 is 0. The van der Waals surface area contributed by atoms with Crippen molar-refractivity contribution < 1.29 is 14.2 Å². The first-order valence-corrected chi connectivity index (χ1v) is 12.8. The Labute approximate surface area is 219 Å². The number of aryl methyl sites for hydroxylation is 3. The summed E-state index contributed by atoms with van der Waals surface area (Å²) in [5.74, 6) is -0.402. The molecular weight excluding hydrogens is 487 g/mol. The lowest BCUT2D eigenvalue weighted by atomic mass is 9.88. The summed E-state index contributed by atoms with van der Waals surface area (Å²) in [5.41, 5.74) is 5.29. The largest absolute Gasteiger partial charge is 0.384 e. The minimum absolute atomic E-state index is 0.0157. The van der Waals surface area contributed by atoms with E-state index in [1.807, 2.05) is 21.0 Å². The predicted octanol–water partition coefficient (Wildman–Crippen LogP) is 3.80. The molecule has 1 saturated heterocycles. The number of aromatic nitrogens is 8. The van der Waals surface area contributed by atoms with Crippen molar-refractivity contribution in [2.75, 3.05) is 13.2 Å². The molecular formula is C27H31FN8O2. The molecule has 1 aliphatic rings. The first-order valence-electron chi connectivity index (χ1n) is 12.8. The summed E-state index contributed by atoms with van der Waals surface area (Å²) in [6.07, 6.45) is 6.42. The predicted molar refractivity (Wildman–Crippen MR) is 140 cm³/mol. The van der Waals surface area contributed by atoms with Gasteiger partial charge in [-0.3, -0.25) is 14.6 Å². The van der Waals surface area contributed by atoms with Crippen LogP contribution in [0.3, 0.4) is 0 Å². The van der Waals surface area contributed by atoms with E-state index in [0.717, 1.165) is 51.9 Å². The van der Waals surface area contributed by atoms with Gasteiger partial charge in [-0.05, 0) is 45.7 Å². The minimum Gasteiger partial charge on any atom is -0.384 e. The molecule has 0 amide bonds. The lowest BCUT2D eigenvalue weighted by Crippen LogP contribution is -2.30. The summed E-state index contributed by atoms with van der Waals surface area (Å²) in [5, 5.41) is 24.3.